The fourth-order valence-corrected chi connectivity index (χ4v) is 1.39. The SMILES string of the molecule is CC(C)c1cc(NCc2cccnn2)ncn1. The van der Waals surface area contributed by atoms with Crippen LogP contribution in [-0.2, 0) is 6.54 Å². The lowest BCUT2D eigenvalue weighted by Crippen LogP contribution is -2.05. The quantitative estimate of drug-likeness (QED) is 0.868. The molecule has 1 N–H and O–H groups in total. The zero-order valence-electron chi connectivity index (χ0n) is 9.96. The van der Waals surface area contributed by atoms with Crippen molar-refractivity contribution in [1.82, 2.24) is 20.2 Å². The van der Waals surface area contributed by atoms with E-state index in [2.05, 4.69) is 39.3 Å². The molecule has 0 atom stereocenters. The van der Waals surface area contributed by atoms with Crippen molar-refractivity contribution in [2.75, 3.05) is 5.32 Å². The van der Waals surface area contributed by atoms with Gasteiger partial charge in [0.2, 0.25) is 0 Å². The van der Waals surface area contributed by atoms with Crippen molar-refractivity contribution in [2.24, 2.45) is 0 Å². The Morgan fingerprint density at radius 3 is 2.88 bits per heavy atom. The smallest absolute Gasteiger partial charge is 0.129 e. The summed E-state index contributed by atoms with van der Waals surface area (Å²) in [5.74, 6) is 1.21. The average Bonchev–Trinajstić information content (AvgIpc) is 2.38. The van der Waals surface area contributed by atoms with E-state index in [1.165, 1.54) is 0 Å². The van der Waals surface area contributed by atoms with Gasteiger partial charge in [-0.05, 0) is 18.1 Å². The van der Waals surface area contributed by atoms with Gasteiger partial charge in [0.1, 0.15) is 12.1 Å². The molecular weight excluding hydrogens is 214 g/mol. The summed E-state index contributed by atoms with van der Waals surface area (Å²) in [7, 11) is 0. The lowest BCUT2D eigenvalue weighted by atomic mass is 10.1. The molecule has 0 unspecified atom stereocenters. The molecule has 5 nitrogen and oxygen atoms in total. The Balaban J connectivity index is 2.02. The summed E-state index contributed by atoms with van der Waals surface area (Å²) in [5, 5.41) is 11.0. The summed E-state index contributed by atoms with van der Waals surface area (Å²) in [6, 6.07) is 5.75. The van der Waals surface area contributed by atoms with Crippen LogP contribution >= 0.6 is 0 Å². The molecule has 0 aromatic carbocycles. The van der Waals surface area contributed by atoms with E-state index < -0.39 is 0 Å². The largest absolute Gasteiger partial charge is 0.364 e. The molecule has 88 valence electrons. The highest BCUT2D eigenvalue weighted by atomic mass is 15.1. The summed E-state index contributed by atoms with van der Waals surface area (Å²) < 4.78 is 0. The normalized spacial score (nSPS) is 10.5. The number of hydrogen-bond donors (Lipinski definition) is 1. The number of aromatic nitrogens is 4. The van der Waals surface area contributed by atoms with Crippen LogP contribution in [0.4, 0.5) is 5.82 Å². The fourth-order valence-electron chi connectivity index (χ4n) is 1.39. The molecule has 0 bridgehead atoms. The molecule has 0 aliphatic rings. The average molecular weight is 229 g/mol. The molecule has 2 heterocycles. The van der Waals surface area contributed by atoms with Gasteiger partial charge in [-0.15, -0.1) is 0 Å². The maximum atomic E-state index is 4.21. The van der Waals surface area contributed by atoms with Crippen LogP contribution < -0.4 is 5.32 Å². The molecule has 0 spiro atoms. The molecule has 0 radical (unpaired) electrons. The molecule has 0 saturated carbocycles. The van der Waals surface area contributed by atoms with E-state index in [1.54, 1.807) is 12.5 Å². The molecule has 0 aliphatic carbocycles. The first-order valence-corrected chi connectivity index (χ1v) is 5.58. The molecule has 2 aromatic heterocycles. The van der Waals surface area contributed by atoms with Gasteiger partial charge in [0, 0.05) is 18.0 Å². The second-order valence-corrected chi connectivity index (χ2v) is 4.05. The third kappa shape index (κ3) is 3.21. The Kier molecular flexibility index (Phi) is 3.59. The van der Waals surface area contributed by atoms with Gasteiger partial charge in [0.05, 0.1) is 12.2 Å². The van der Waals surface area contributed by atoms with Crippen LogP contribution in [0.3, 0.4) is 0 Å². The van der Waals surface area contributed by atoms with Crippen LogP contribution in [0.15, 0.2) is 30.7 Å². The van der Waals surface area contributed by atoms with E-state index >= 15 is 0 Å². The van der Waals surface area contributed by atoms with Gasteiger partial charge in [-0.3, -0.25) is 0 Å². The lowest BCUT2D eigenvalue weighted by Gasteiger charge is -2.07. The molecule has 17 heavy (non-hydrogen) atoms. The van der Waals surface area contributed by atoms with E-state index in [9.17, 15) is 0 Å². The number of hydrogen-bond acceptors (Lipinski definition) is 5. The monoisotopic (exact) mass is 229 g/mol. The predicted octanol–water partition coefficient (Wildman–Crippen LogP) is 2.00. The minimum atomic E-state index is 0.398. The van der Waals surface area contributed by atoms with Crippen molar-refractivity contribution >= 4 is 5.82 Å². The van der Waals surface area contributed by atoms with Crippen LogP contribution in [0.25, 0.3) is 0 Å². The van der Waals surface area contributed by atoms with Crippen molar-refractivity contribution in [1.29, 1.82) is 0 Å². The maximum absolute atomic E-state index is 4.21. The van der Waals surface area contributed by atoms with E-state index in [1.807, 2.05) is 18.2 Å². The summed E-state index contributed by atoms with van der Waals surface area (Å²) in [6.45, 7) is 4.83. The Hall–Kier alpha value is -2.04. The maximum Gasteiger partial charge on any atom is 0.129 e. The topological polar surface area (TPSA) is 63.6 Å². The van der Waals surface area contributed by atoms with Gasteiger partial charge in [-0.2, -0.15) is 10.2 Å². The first-order valence-electron chi connectivity index (χ1n) is 5.58. The van der Waals surface area contributed by atoms with Crippen LogP contribution in [0.5, 0.6) is 0 Å². The third-order valence-corrected chi connectivity index (χ3v) is 2.36. The molecule has 2 aromatic rings. The van der Waals surface area contributed by atoms with Gasteiger partial charge in [-0.1, -0.05) is 13.8 Å². The molecule has 2 rings (SSSR count). The van der Waals surface area contributed by atoms with Crippen molar-refractivity contribution in [3.8, 4) is 0 Å². The first-order chi connectivity index (χ1) is 8.25. The fraction of sp³-hybridized carbons (Fsp3) is 0.333. The second kappa shape index (κ2) is 5.34. The number of nitrogens with zero attached hydrogens (tertiary/aromatic N) is 4. The first kappa shape index (κ1) is 11.4. The third-order valence-electron chi connectivity index (χ3n) is 2.36. The van der Waals surface area contributed by atoms with Crippen LogP contribution in [-0.4, -0.2) is 20.2 Å². The van der Waals surface area contributed by atoms with Crippen molar-refractivity contribution in [3.05, 3.63) is 42.1 Å². The minimum Gasteiger partial charge on any atom is -0.364 e. The summed E-state index contributed by atoms with van der Waals surface area (Å²) in [6.07, 6.45) is 3.24. The van der Waals surface area contributed by atoms with Gasteiger partial charge in [-0.25, -0.2) is 9.97 Å². The van der Waals surface area contributed by atoms with Crippen LogP contribution in [0.1, 0.15) is 31.2 Å². The van der Waals surface area contributed by atoms with E-state index in [0.717, 1.165) is 17.2 Å². The van der Waals surface area contributed by atoms with Gasteiger partial charge in [0.15, 0.2) is 0 Å². The highest BCUT2D eigenvalue weighted by molar-refractivity contribution is 5.35. The second-order valence-electron chi connectivity index (χ2n) is 4.05. The molecule has 0 saturated heterocycles. The zero-order valence-corrected chi connectivity index (χ0v) is 9.96. The zero-order chi connectivity index (χ0) is 12.1. The number of rotatable bonds is 4. The highest BCUT2D eigenvalue weighted by Gasteiger charge is 2.02. The Morgan fingerprint density at radius 2 is 2.18 bits per heavy atom. The van der Waals surface area contributed by atoms with Gasteiger partial charge in [0.25, 0.3) is 0 Å². The summed E-state index contributed by atoms with van der Waals surface area (Å²) >= 11 is 0. The summed E-state index contributed by atoms with van der Waals surface area (Å²) in [5.41, 5.74) is 1.92. The van der Waals surface area contributed by atoms with E-state index in [4.69, 9.17) is 0 Å². The van der Waals surface area contributed by atoms with Crippen LogP contribution in [0.2, 0.25) is 0 Å². The Bertz CT molecular complexity index is 469. The standard InChI is InChI=1S/C12H15N5/c1-9(2)11-6-12(15-8-14-11)13-7-10-4-3-5-16-17-10/h3-6,8-9H,7H2,1-2H3,(H,13,14,15). The Labute approximate surface area is 100 Å². The molecule has 0 fully saturated rings. The molecular formula is C12H15N5. The van der Waals surface area contributed by atoms with Crippen LogP contribution in [0, 0.1) is 0 Å². The predicted molar refractivity (Wildman–Crippen MR) is 65.5 cm³/mol. The van der Waals surface area contributed by atoms with Crippen molar-refractivity contribution < 1.29 is 0 Å². The van der Waals surface area contributed by atoms with Gasteiger partial charge >= 0.3 is 0 Å². The molecule has 0 amide bonds. The van der Waals surface area contributed by atoms with E-state index in [0.29, 0.717) is 12.5 Å². The minimum absolute atomic E-state index is 0.398. The number of anilines is 1. The molecule has 0 aliphatic heterocycles. The lowest BCUT2D eigenvalue weighted by molar-refractivity contribution is 0.813. The van der Waals surface area contributed by atoms with Gasteiger partial charge < -0.3 is 5.32 Å². The molecule has 5 heteroatoms. The summed E-state index contributed by atoms with van der Waals surface area (Å²) in [4.78, 5) is 8.38. The van der Waals surface area contributed by atoms with Crippen molar-refractivity contribution in [3.63, 3.8) is 0 Å². The highest BCUT2D eigenvalue weighted by Crippen LogP contribution is 2.13. The number of nitrogens with one attached hydrogen (secondary N) is 1. The Morgan fingerprint density at radius 1 is 1.29 bits per heavy atom. The van der Waals surface area contributed by atoms with E-state index in [-0.39, 0.29) is 0 Å². The van der Waals surface area contributed by atoms with Crippen molar-refractivity contribution in [2.45, 2.75) is 26.3 Å².